The third-order valence-electron chi connectivity index (χ3n) is 4.55. The van der Waals surface area contributed by atoms with E-state index in [1.54, 1.807) is 45.9 Å². The van der Waals surface area contributed by atoms with Crippen LogP contribution in [0.3, 0.4) is 0 Å². The van der Waals surface area contributed by atoms with Crippen molar-refractivity contribution in [1.82, 2.24) is 5.32 Å². The third-order valence-corrected chi connectivity index (χ3v) is 4.95. The molecular formula is C24H29ClN2O6. The van der Waals surface area contributed by atoms with Crippen molar-refractivity contribution in [2.45, 2.75) is 51.9 Å². The fraction of sp³-hybridized carbons (Fsp3) is 0.375. The largest absolute Gasteiger partial charge is 0.469 e. The van der Waals surface area contributed by atoms with Crippen LogP contribution in [-0.4, -0.2) is 30.9 Å². The van der Waals surface area contributed by atoms with Gasteiger partial charge >= 0.3 is 18.2 Å². The van der Waals surface area contributed by atoms with Crippen molar-refractivity contribution >= 4 is 35.4 Å². The molecule has 0 saturated carbocycles. The van der Waals surface area contributed by atoms with Gasteiger partial charge in [0.25, 0.3) is 0 Å². The van der Waals surface area contributed by atoms with Crippen LogP contribution in [0.2, 0.25) is 5.02 Å². The number of hydrogen-bond acceptors (Lipinski definition) is 6. The van der Waals surface area contributed by atoms with Crippen molar-refractivity contribution in [3.8, 4) is 0 Å². The topological polar surface area (TPSA) is 103 Å². The van der Waals surface area contributed by atoms with E-state index < -0.39 is 29.3 Å². The van der Waals surface area contributed by atoms with E-state index in [1.165, 1.54) is 7.11 Å². The maximum absolute atomic E-state index is 12.5. The quantitative estimate of drug-likeness (QED) is 0.410. The first-order chi connectivity index (χ1) is 15.4. The molecule has 2 aromatic carbocycles. The number of benzene rings is 2. The normalized spacial score (nSPS) is 12.8. The molecule has 0 radical (unpaired) electrons. The Balaban J connectivity index is 2.25. The summed E-state index contributed by atoms with van der Waals surface area (Å²) in [6.07, 6.45) is -1.65. The Hall–Kier alpha value is -3.26. The highest BCUT2D eigenvalue weighted by molar-refractivity contribution is 6.34. The Morgan fingerprint density at radius 3 is 2.21 bits per heavy atom. The third kappa shape index (κ3) is 7.98. The van der Waals surface area contributed by atoms with Crippen molar-refractivity contribution in [2.75, 3.05) is 12.4 Å². The summed E-state index contributed by atoms with van der Waals surface area (Å²) in [6, 6.07) is 14.1. The number of methoxy groups -OCH3 is 1. The van der Waals surface area contributed by atoms with Gasteiger partial charge in [0.15, 0.2) is 0 Å². The van der Waals surface area contributed by atoms with E-state index in [-0.39, 0.29) is 23.7 Å². The molecule has 2 aromatic rings. The molecule has 2 N–H and O–H groups in total. The van der Waals surface area contributed by atoms with Crippen LogP contribution < -0.4 is 10.6 Å². The number of amides is 2. The lowest BCUT2D eigenvalue weighted by atomic mass is 9.88. The number of ether oxygens (including phenoxy) is 3. The van der Waals surface area contributed by atoms with Gasteiger partial charge in [-0.15, -0.1) is 0 Å². The number of hydrogen-bond donors (Lipinski definition) is 2. The molecule has 33 heavy (non-hydrogen) atoms. The smallest absolute Gasteiger partial charge is 0.412 e. The second-order valence-corrected chi connectivity index (χ2v) is 8.94. The zero-order chi connectivity index (χ0) is 24.6. The summed E-state index contributed by atoms with van der Waals surface area (Å²) in [4.78, 5) is 36.9. The van der Waals surface area contributed by atoms with Crippen LogP contribution in [0.4, 0.5) is 15.3 Å². The van der Waals surface area contributed by atoms with Crippen molar-refractivity contribution < 1.29 is 28.6 Å². The van der Waals surface area contributed by atoms with E-state index in [4.69, 9.17) is 25.8 Å². The number of esters is 1. The minimum Gasteiger partial charge on any atom is -0.469 e. The molecule has 0 saturated heterocycles. The molecule has 0 bridgehead atoms. The molecule has 0 aromatic heterocycles. The predicted molar refractivity (Wildman–Crippen MR) is 125 cm³/mol. The van der Waals surface area contributed by atoms with Crippen molar-refractivity contribution in [3.63, 3.8) is 0 Å². The molecule has 0 aliphatic rings. The first kappa shape index (κ1) is 26.0. The average Bonchev–Trinajstić information content (AvgIpc) is 2.72. The second kappa shape index (κ2) is 11.0. The molecule has 0 spiro atoms. The first-order valence-electron chi connectivity index (χ1n) is 10.3. The zero-order valence-electron chi connectivity index (χ0n) is 19.4. The van der Waals surface area contributed by atoms with Crippen LogP contribution in [0.25, 0.3) is 0 Å². The number of alkyl carbamates (subject to hydrolysis) is 1. The van der Waals surface area contributed by atoms with Crippen molar-refractivity contribution in [1.29, 1.82) is 0 Å². The number of carbonyl (C=O) groups excluding carboxylic acids is 3. The van der Waals surface area contributed by atoms with Crippen LogP contribution >= 0.6 is 11.6 Å². The fourth-order valence-electron chi connectivity index (χ4n) is 3.02. The predicted octanol–water partition coefficient (Wildman–Crippen LogP) is 5.39. The van der Waals surface area contributed by atoms with Gasteiger partial charge in [0.1, 0.15) is 12.2 Å². The summed E-state index contributed by atoms with van der Waals surface area (Å²) in [5, 5.41) is 5.44. The molecule has 0 unspecified atom stereocenters. The van der Waals surface area contributed by atoms with E-state index in [0.717, 1.165) is 5.56 Å². The highest BCUT2D eigenvalue weighted by Crippen LogP contribution is 2.36. The highest BCUT2D eigenvalue weighted by Gasteiger charge is 2.36. The summed E-state index contributed by atoms with van der Waals surface area (Å²) < 4.78 is 15.4. The molecule has 0 heterocycles. The Kier molecular flexibility index (Phi) is 8.70. The van der Waals surface area contributed by atoms with E-state index >= 15 is 0 Å². The van der Waals surface area contributed by atoms with Gasteiger partial charge in [0.2, 0.25) is 0 Å². The Morgan fingerprint density at radius 1 is 0.939 bits per heavy atom. The molecule has 0 aliphatic carbocycles. The molecule has 2 amide bonds. The van der Waals surface area contributed by atoms with Crippen LogP contribution in [-0.2, 0) is 31.2 Å². The maximum Gasteiger partial charge on any atom is 0.412 e. The van der Waals surface area contributed by atoms with Crippen molar-refractivity contribution in [2.24, 2.45) is 0 Å². The Morgan fingerprint density at radius 2 is 1.61 bits per heavy atom. The van der Waals surface area contributed by atoms with Crippen LogP contribution in [0.5, 0.6) is 0 Å². The minimum atomic E-state index is -1.28. The molecule has 0 fully saturated rings. The monoisotopic (exact) mass is 476 g/mol. The number of rotatable bonds is 7. The Bertz CT molecular complexity index is 990. The van der Waals surface area contributed by atoms with Gasteiger partial charge in [-0.25, -0.2) is 9.59 Å². The summed E-state index contributed by atoms with van der Waals surface area (Å²) in [5.41, 5.74) is -0.542. The van der Waals surface area contributed by atoms with Crippen LogP contribution in [0, 0.1) is 0 Å². The van der Waals surface area contributed by atoms with E-state index in [9.17, 15) is 14.4 Å². The number of halogens is 1. The molecule has 9 heteroatoms. The Labute approximate surface area is 198 Å². The summed E-state index contributed by atoms with van der Waals surface area (Å²) in [7, 11) is 1.25. The molecule has 1 atom stereocenters. The number of nitrogens with one attached hydrogen (secondary N) is 2. The van der Waals surface area contributed by atoms with Gasteiger partial charge in [-0.3, -0.25) is 10.1 Å². The van der Waals surface area contributed by atoms with Gasteiger partial charge in [-0.05, 0) is 44.9 Å². The van der Waals surface area contributed by atoms with Crippen LogP contribution in [0.1, 0.15) is 45.2 Å². The van der Waals surface area contributed by atoms with E-state index in [1.807, 2.05) is 30.3 Å². The molecule has 2 rings (SSSR count). The highest BCUT2D eigenvalue weighted by atomic mass is 35.5. The number of anilines is 1. The lowest BCUT2D eigenvalue weighted by Gasteiger charge is -2.32. The maximum atomic E-state index is 12.5. The van der Waals surface area contributed by atoms with Gasteiger partial charge in [0, 0.05) is 0 Å². The van der Waals surface area contributed by atoms with Crippen LogP contribution in [0.15, 0.2) is 48.5 Å². The van der Waals surface area contributed by atoms with Gasteiger partial charge < -0.3 is 19.5 Å². The van der Waals surface area contributed by atoms with Gasteiger partial charge in [-0.1, -0.05) is 54.1 Å². The molecule has 8 nitrogen and oxygen atoms in total. The SMILES string of the molecule is COC(=O)C[C@](C)(NC(=O)OC(C)(C)C)c1cccc(NC(=O)OCc2ccccc2)c1Cl. The standard InChI is InChI=1S/C24H29ClN2O6/c1-23(2,3)33-22(30)27-24(4,14-19(28)31-5)17-12-9-13-18(20(17)25)26-21(29)32-15-16-10-7-6-8-11-16/h6-13H,14-15H2,1-5H3,(H,26,29)(H,27,30)/t24-/m0/s1. The zero-order valence-corrected chi connectivity index (χ0v) is 20.1. The summed E-state index contributed by atoms with van der Waals surface area (Å²) >= 11 is 6.58. The number of carbonyl (C=O) groups is 3. The lowest BCUT2D eigenvalue weighted by molar-refractivity contribution is -0.142. The molecule has 178 valence electrons. The van der Waals surface area contributed by atoms with Crippen molar-refractivity contribution in [3.05, 3.63) is 64.7 Å². The first-order valence-corrected chi connectivity index (χ1v) is 10.7. The van der Waals surface area contributed by atoms with E-state index in [2.05, 4.69) is 10.6 Å². The second-order valence-electron chi connectivity index (χ2n) is 8.57. The molecule has 0 aliphatic heterocycles. The van der Waals surface area contributed by atoms with Gasteiger partial charge in [-0.2, -0.15) is 0 Å². The summed E-state index contributed by atoms with van der Waals surface area (Å²) in [5.74, 6) is -0.565. The van der Waals surface area contributed by atoms with Gasteiger partial charge in [0.05, 0.1) is 29.8 Å². The lowest BCUT2D eigenvalue weighted by Crippen LogP contribution is -2.47. The van der Waals surface area contributed by atoms with E-state index in [0.29, 0.717) is 5.56 Å². The fourth-order valence-corrected chi connectivity index (χ4v) is 3.40. The summed E-state index contributed by atoms with van der Waals surface area (Å²) in [6.45, 7) is 6.88. The minimum absolute atomic E-state index is 0.0875. The average molecular weight is 477 g/mol. The molecular weight excluding hydrogens is 448 g/mol.